The summed E-state index contributed by atoms with van der Waals surface area (Å²) < 4.78 is 3.23. The molecule has 0 aliphatic rings. The quantitative estimate of drug-likeness (QED) is 0.813. The predicted molar refractivity (Wildman–Crippen MR) is 58.5 cm³/mol. The van der Waals surface area contributed by atoms with E-state index in [4.69, 9.17) is 5.73 Å². The van der Waals surface area contributed by atoms with Gasteiger partial charge in [0.2, 0.25) is 0 Å². The third-order valence-corrected chi connectivity index (χ3v) is 2.87. The summed E-state index contributed by atoms with van der Waals surface area (Å²) in [7, 11) is 2.04. The van der Waals surface area contributed by atoms with Gasteiger partial charge in [-0.25, -0.2) is 0 Å². The second kappa shape index (κ2) is 3.16. The number of rotatable bonds is 1. The van der Waals surface area contributed by atoms with Crippen LogP contribution in [-0.4, -0.2) is 4.57 Å². The highest BCUT2D eigenvalue weighted by Crippen LogP contribution is 2.25. The second-order valence-corrected chi connectivity index (χ2v) is 4.00. The van der Waals surface area contributed by atoms with Crippen LogP contribution in [0.1, 0.15) is 5.56 Å². The Balaban J connectivity index is 2.76. The van der Waals surface area contributed by atoms with Crippen LogP contribution in [0.4, 0.5) is 0 Å². The van der Waals surface area contributed by atoms with Gasteiger partial charge < -0.3 is 10.3 Å². The molecule has 1 aromatic carbocycles. The molecular weight excluding hydrogens is 228 g/mol. The maximum atomic E-state index is 5.58. The Morgan fingerprint density at radius 2 is 2.23 bits per heavy atom. The molecule has 3 heteroatoms. The van der Waals surface area contributed by atoms with Crippen LogP contribution in [0.2, 0.25) is 0 Å². The monoisotopic (exact) mass is 238 g/mol. The van der Waals surface area contributed by atoms with Gasteiger partial charge in [-0.15, -0.1) is 0 Å². The second-order valence-electron chi connectivity index (χ2n) is 3.14. The summed E-state index contributed by atoms with van der Waals surface area (Å²) in [5.41, 5.74) is 7.96. The van der Waals surface area contributed by atoms with E-state index in [0.717, 1.165) is 4.47 Å². The molecule has 0 fully saturated rings. The zero-order valence-corrected chi connectivity index (χ0v) is 9.01. The molecule has 0 spiro atoms. The fourth-order valence-electron chi connectivity index (χ4n) is 1.51. The van der Waals surface area contributed by atoms with Crippen molar-refractivity contribution in [1.29, 1.82) is 0 Å². The average Bonchev–Trinajstić information content (AvgIpc) is 2.42. The number of nitrogens with two attached hydrogens (primary N) is 1. The molecule has 0 radical (unpaired) electrons. The van der Waals surface area contributed by atoms with Crippen LogP contribution in [0.25, 0.3) is 10.9 Å². The van der Waals surface area contributed by atoms with Crippen molar-refractivity contribution < 1.29 is 0 Å². The van der Waals surface area contributed by atoms with E-state index in [-0.39, 0.29) is 0 Å². The molecule has 0 saturated carbocycles. The maximum absolute atomic E-state index is 5.58. The molecule has 68 valence electrons. The standard InChI is InChI=1S/C10H11BrN2/c1-13-6-9(11)8-3-2-7(5-12)4-10(8)13/h2-4,6H,5,12H2,1H3. The van der Waals surface area contributed by atoms with Crippen LogP contribution >= 0.6 is 15.9 Å². The van der Waals surface area contributed by atoms with Crippen LogP contribution < -0.4 is 5.73 Å². The Labute approximate surface area is 85.5 Å². The Kier molecular flexibility index (Phi) is 2.14. The number of hydrogen-bond acceptors (Lipinski definition) is 1. The first-order valence-corrected chi connectivity index (χ1v) is 4.95. The first-order valence-electron chi connectivity index (χ1n) is 4.16. The third kappa shape index (κ3) is 1.38. The van der Waals surface area contributed by atoms with Crippen molar-refractivity contribution in [2.45, 2.75) is 6.54 Å². The van der Waals surface area contributed by atoms with Crippen molar-refractivity contribution in [1.82, 2.24) is 4.57 Å². The number of benzene rings is 1. The molecule has 1 heterocycles. The molecule has 0 bridgehead atoms. The number of fused-ring (bicyclic) bond motifs is 1. The molecule has 2 aromatic rings. The van der Waals surface area contributed by atoms with Crippen LogP contribution in [-0.2, 0) is 13.6 Å². The Morgan fingerprint density at radius 1 is 1.46 bits per heavy atom. The predicted octanol–water partition coefficient (Wildman–Crippen LogP) is 2.40. The van der Waals surface area contributed by atoms with E-state index in [1.54, 1.807) is 0 Å². The van der Waals surface area contributed by atoms with Gasteiger partial charge in [-0.1, -0.05) is 12.1 Å². The SMILES string of the molecule is Cn1cc(Br)c2ccc(CN)cc21. The van der Waals surface area contributed by atoms with Crippen molar-refractivity contribution in [2.75, 3.05) is 0 Å². The van der Waals surface area contributed by atoms with Crippen molar-refractivity contribution in [3.05, 3.63) is 34.4 Å². The number of aromatic nitrogens is 1. The van der Waals surface area contributed by atoms with E-state index in [0.29, 0.717) is 6.54 Å². The van der Waals surface area contributed by atoms with Crippen LogP contribution in [0, 0.1) is 0 Å². The van der Waals surface area contributed by atoms with Crippen LogP contribution in [0.5, 0.6) is 0 Å². The van der Waals surface area contributed by atoms with Gasteiger partial charge in [-0.3, -0.25) is 0 Å². The molecule has 2 nitrogen and oxygen atoms in total. The molecule has 0 amide bonds. The average molecular weight is 239 g/mol. The smallest absolute Gasteiger partial charge is 0.0492 e. The topological polar surface area (TPSA) is 30.9 Å². The molecule has 0 atom stereocenters. The van der Waals surface area contributed by atoms with Gasteiger partial charge in [0.25, 0.3) is 0 Å². The van der Waals surface area contributed by atoms with Gasteiger partial charge in [-0.2, -0.15) is 0 Å². The minimum Gasteiger partial charge on any atom is -0.349 e. The molecule has 1 aromatic heterocycles. The van der Waals surface area contributed by atoms with Crippen molar-refractivity contribution in [3.8, 4) is 0 Å². The summed E-state index contributed by atoms with van der Waals surface area (Å²) in [6, 6.07) is 6.29. The lowest BCUT2D eigenvalue weighted by molar-refractivity contribution is 0.962. The highest BCUT2D eigenvalue weighted by molar-refractivity contribution is 9.10. The van der Waals surface area contributed by atoms with Gasteiger partial charge in [0.1, 0.15) is 0 Å². The summed E-state index contributed by atoms with van der Waals surface area (Å²) in [5.74, 6) is 0. The van der Waals surface area contributed by atoms with Crippen LogP contribution in [0.15, 0.2) is 28.9 Å². The van der Waals surface area contributed by atoms with Crippen molar-refractivity contribution in [2.24, 2.45) is 12.8 Å². The molecule has 0 aliphatic heterocycles. The first-order chi connectivity index (χ1) is 6.22. The lowest BCUT2D eigenvalue weighted by atomic mass is 10.2. The van der Waals surface area contributed by atoms with Gasteiger partial charge in [0.15, 0.2) is 0 Å². The number of nitrogens with zero attached hydrogens (tertiary/aromatic N) is 1. The summed E-state index contributed by atoms with van der Waals surface area (Å²) in [6.07, 6.45) is 2.06. The van der Waals surface area contributed by atoms with Gasteiger partial charge in [-0.05, 0) is 27.6 Å². The number of hydrogen-bond donors (Lipinski definition) is 1. The lowest BCUT2D eigenvalue weighted by Gasteiger charge is -1.99. The Hall–Kier alpha value is -0.800. The van der Waals surface area contributed by atoms with Gasteiger partial charge in [0.05, 0.1) is 0 Å². The molecule has 0 saturated heterocycles. The summed E-state index contributed by atoms with van der Waals surface area (Å²) in [5, 5.41) is 1.24. The molecule has 0 unspecified atom stereocenters. The van der Waals surface area contributed by atoms with Gasteiger partial charge >= 0.3 is 0 Å². The van der Waals surface area contributed by atoms with E-state index in [1.807, 2.05) is 7.05 Å². The highest BCUT2D eigenvalue weighted by atomic mass is 79.9. The minimum absolute atomic E-state index is 0.596. The third-order valence-electron chi connectivity index (χ3n) is 2.24. The number of halogens is 1. The van der Waals surface area contributed by atoms with Crippen LogP contribution in [0.3, 0.4) is 0 Å². The molecule has 2 N–H and O–H groups in total. The van der Waals surface area contributed by atoms with E-state index in [9.17, 15) is 0 Å². The largest absolute Gasteiger partial charge is 0.349 e. The van der Waals surface area contributed by atoms with Crippen molar-refractivity contribution >= 4 is 26.8 Å². The molecular formula is C10H11BrN2. The minimum atomic E-state index is 0.596. The summed E-state index contributed by atoms with van der Waals surface area (Å²) >= 11 is 3.51. The van der Waals surface area contributed by atoms with E-state index in [2.05, 4.69) is 44.9 Å². The zero-order valence-electron chi connectivity index (χ0n) is 7.42. The first kappa shape index (κ1) is 8.78. The molecule has 0 aliphatic carbocycles. The van der Waals surface area contributed by atoms with E-state index >= 15 is 0 Å². The Bertz CT molecular complexity index is 445. The normalized spacial score (nSPS) is 11.0. The zero-order chi connectivity index (χ0) is 9.42. The highest BCUT2D eigenvalue weighted by Gasteiger charge is 2.03. The maximum Gasteiger partial charge on any atom is 0.0492 e. The Morgan fingerprint density at radius 3 is 2.92 bits per heavy atom. The summed E-state index contributed by atoms with van der Waals surface area (Å²) in [4.78, 5) is 0. The summed E-state index contributed by atoms with van der Waals surface area (Å²) in [6.45, 7) is 0.596. The molecule has 13 heavy (non-hydrogen) atoms. The fourth-order valence-corrected chi connectivity index (χ4v) is 2.15. The molecule has 2 rings (SSSR count). The van der Waals surface area contributed by atoms with Gasteiger partial charge in [0, 0.05) is 35.2 Å². The van der Waals surface area contributed by atoms with E-state index < -0.39 is 0 Å². The fraction of sp³-hybridized carbons (Fsp3) is 0.200. The number of aryl methyl sites for hydroxylation is 1. The lowest BCUT2D eigenvalue weighted by Crippen LogP contribution is -1.96. The van der Waals surface area contributed by atoms with E-state index in [1.165, 1.54) is 16.5 Å². The van der Waals surface area contributed by atoms with Crippen molar-refractivity contribution in [3.63, 3.8) is 0 Å².